The molecule has 2 aliphatic carbocycles. The highest BCUT2D eigenvalue weighted by atomic mass is 16.4. The Kier molecular flexibility index (Phi) is 5.00. The Morgan fingerprint density at radius 2 is 1.89 bits per heavy atom. The average molecular weight is 265 g/mol. The van der Waals surface area contributed by atoms with Gasteiger partial charge < -0.3 is 10.4 Å². The fraction of sp³-hybridized carbons (Fsp3) is 0.733. The molecule has 0 radical (unpaired) electrons. The van der Waals surface area contributed by atoms with E-state index in [-0.39, 0.29) is 17.7 Å². The molecule has 0 saturated heterocycles. The normalized spacial score (nSPS) is 26.8. The van der Waals surface area contributed by atoms with E-state index in [1.807, 2.05) is 0 Å². The van der Waals surface area contributed by atoms with Gasteiger partial charge in [-0.25, -0.2) is 0 Å². The van der Waals surface area contributed by atoms with Crippen LogP contribution in [-0.2, 0) is 9.59 Å². The molecule has 4 heteroatoms. The van der Waals surface area contributed by atoms with Crippen LogP contribution in [0.2, 0.25) is 0 Å². The number of amides is 1. The minimum absolute atomic E-state index is 0.0214. The van der Waals surface area contributed by atoms with Crippen LogP contribution in [0, 0.1) is 11.8 Å². The fourth-order valence-electron chi connectivity index (χ4n) is 3.06. The van der Waals surface area contributed by atoms with Crippen molar-refractivity contribution in [3.8, 4) is 0 Å². The van der Waals surface area contributed by atoms with Gasteiger partial charge in [0.2, 0.25) is 5.91 Å². The molecular formula is C15H23NO3. The van der Waals surface area contributed by atoms with Crippen LogP contribution in [0.15, 0.2) is 11.6 Å². The van der Waals surface area contributed by atoms with Gasteiger partial charge in [-0.15, -0.1) is 0 Å². The third-order valence-corrected chi connectivity index (χ3v) is 4.33. The predicted octanol–water partition coefficient (Wildman–Crippen LogP) is 2.49. The van der Waals surface area contributed by atoms with Crippen LogP contribution in [0.1, 0.15) is 51.4 Å². The number of carboxylic acid groups (broad SMARTS) is 1. The Morgan fingerprint density at radius 1 is 1.21 bits per heavy atom. The first kappa shape index (κ1) is 14.1. The molecule has 2 N–H and O–H groups in total. The number of carboxylic acids is 1. The highest BCUT2D eigenvalue weighted by Gasteiger charge is 2.29. The zero-order chi connectivity index (χ0) is 13.7. The molecule has 0 spiro atoms. The first-order valence-electron chi connectivity index (χ1n) is 7.35. The molecule has 19 heavy (non-hydrogen) atoms. The lowest BCUT2D eigenvalue weighted by molar-refractivity contribution is -0.144. The molecule has 106 valence electrons. The molecule has 0 heterocycles. The van der Waals surface area contributed by atoms with E-state index >= 15 is 0 Å². The third kappa shape index (κ3) is 4.08. The van der Waals surface area contributed by atoms with Crippen LogP contribution < -0.4 is 5.32 Å². The van der Waals surface area contributed by atoms with Crippen LogP contribution in [-0.4, -0.2) is 23.5 Å². The van der Waals surface area contributed by atoms with E-state index in [0.29, 0.717) is 25.7 Å². The fourth-order valence-corrected chi connectivity index (χ4v) is 3.06. The molecule has 0 aromatic heterocycles. The lowest BCUT2D eigenvalue weighted by Gasteiger charge is -2.25. The van der Waals surface area contributed by atoms with Gasteiger partial charge in [-0.1, -0.05) is 11.6 Å². The second-order valence-corrected chi connectivity index (χ2v) is 5.68. The maximum Gasteiger partial charge on any atom is 0.306 e. The molecule has 1 saturated carbocycles. The number of rotatable bonds is 5. The van der Waals surface area contributed by atoms with Crippen LogP contribution in [0.3, 0.4) is 0 Å². The quantitative estimate of drug-likeness (QED) is 0.750. The minimum Gasteiger partial charge on any atom is -0.481 e. The predicted molar refractivity (Wildman–Crippen MR) is 72.6 cm³/mol. The Labute approximate surface area is 114 Å². The van der Waals surface area contributed by atoms with Gasteiger partial charge in [0.15, 0.2) is 0 Å². The molecule has 0 aromatic carbocycles. The minimum atomic E-state index is -0.716. The largest absolute Gasteiger partial charge is 0.481 e. The van der Waals surface area contributed by atoms with Crippen LogP contribution in [0.5, 0.6) is 0 Å². The smallest absolute Gasteiger partial charge is 0.306 e. The molecule has 0 aliphatic heterocycles. The maximum absolute atomic E-state index is 12.0. The van der Waals surface area contributed by atoms with Gasteiger partial charge in [0.05, 0.1) is 5.92 Å². The van der Waals surface area contributed by atoms with Gasteiger partial charge in [-0.3, -0.25) is 9.59 Å². The van der Waals surface area contributed by atoms with E-state index in [1.165, 1.54) is 24.8 Å². The highest BCUT2D eigenvalue weighted by Crippen LogP contribution is 2.29. The summed E-state index contributed by atoms with van der Waals surface area (Å²) in [4.78, 5) is 22.8. The number of nitrogens with one attached hydrogen (secondary N) is 1. The molecule has 0 unspecified atom stereocenters. The van der Waals surface area contributed by atoms with E-state index in [2.05, 4.69) is 11.4 Å². The molecule has 0 atom stereocenters. The van der Waals surface area contributed by atoms with Gasteiger partial charge in [0.25, 0.3) is 0 Å². The lowest BCUT2D eigenvalue weighted by atomic mass is 9.81. The van der Waals surface area contributed by atoms with E-state index < -0.39 is 5.97 Å². The Balaban J connectivity index is 1.65. The zero-order valence-electron chi connectivity index (χ0n) is 11.4. The zero-order valence-corrected chi connectivity index (χ0v) is 11.4. The second kappa shape index (κ2) is 6.73. The summed E-state index contributed by atoms with van der Waals surface area (Å²) < 4.78 is 0. The van der Waals surface area contributed by atoms with Crippen molar-refractivity contribution in [3.63, 3.8) is 0 Å². The summed E-state index contributed by atoms with van der Waals surface area (Å²) in [5, 5.41) is 11.9. The van der Waals surface area contributed by atoms with E-state index in [0.717, 1.165) is 13.0 Å². The number of hydrogen-bond acceptors (Lipinski definition) is 2. The van der Waals surface area contributed by atoms with E-state index in [9.17, 15) is 9.59 Å². The van der Waals surface area contributed by atoms with Crippen molar-refractivity contribution < 1.29 is 14.7 Å². The van der Waals surface area contributed by atoms with Gasteiger partial charge in [-0.05, 0) is 51.4 Å². The van der Waals surface area contributed by atoms with Crippen LogP contribution in [0.25, 0.3) is 0 Å². The molecular weight excluding hydrogens is 242 g/mol. The Hall–Kier alpha value is -1.32. The van der Waals surface area contributed by atoms with Gasteiger partial charge in [0, 0.05) is 12.5 Å². The number of hydrogen-bond donors (Lipinski definition) is 2. The number of carbonyl (C=O) groups is 2. The van der Waals surface area contributed by atoms with Gasteiger partial charge >= 0.3 is 5.97 Å². The summed E-state index contributed by atoms with van der Waals surface area (Å²) in [5.74, 6) is -0.824. The summed E-state index contributed by atoms with van der Waals surface area (Å²) in [6, 6.07) is 0. The summed E-state index contributed by atoms with van der Waals surface area (Å²) in [6.45, 7) is 0.726. The molecule has 1 amide bonds. The number of aliphatic carboxylic acids is 1. The summed E-state index contributed by atoms with van der Waals surface area (Å²) in [6.07, 6.45) is 9.57. The van der Waals surface area contributed by atoms with E-state index in [4.69, 9.17) is 5.11 Å². The highest BCUT2D eigenvalue weighted by molar-refractivity contribution is 5.79. The monoisotopic (exact) mass is 265 g/mol. The van der Waals surface area contributed by atoms with Crippen molar-refractivity contribution in [2.24, 2.45) is 11.8 Å². The van der Waals surface area contributed by atoms with Crippen molar-refractivity contribution in [3.05, 3.63) is 11.6 Å². The van der Waals surface area contributed by atoms with Crippen molar-refractivity contribution in [1.29, 1.82) is 0 Å². The first-order chi connectivity index (χ1) is 9.16. The standard InChI is InChI=1S/C15H23NO3/c17-14(16-10-9-11-3-1-2-4-11)12-5-7-13(8-6-12)15(18)19/h3,12-13H,1-2,4-10H2,(H,16,17)(H,18,19). The van der Waals surface area contributed by atoms with Gasteiger partial charge in [-0.2, -0.15) is 0 Å². The van der Waals surface area contributed by atoms with Crippen LogP contribution in [0.4, 0.5) is 0 Å². The molecule has 0 bridgehead atoms. The van der Waals surface area contributed by atoms with Crippen molar-refractivity contribution in [1.82, 2.24) is 5.32 Å². The van der Waals surface area contributed by atoms with Crippen molar-refractivity contribution in [2.45, 2.75) is 51.4 Å². The Bertz CT molecular complexity index is 368. The van der Waals surface area contributed by atoms with Crippen molar-refractivity contribution >= 4 is 11.9 Å². The number of allylic oxidation sites excluding steroid dienone is 1. The SMILES string of the molecule is O=C(O)C1CCC(C(=O)NCCC2=CCCC2)CC1. The third-order valence-electron chi connectivity index (χ3n) is 4.33. The lowest BCUT2D eigenvalue weighted by Crippen LogP contribution is -2.34. The van der Waals surface area contributed by atoms with Gasteiger partial charge in [0.1, 0.15) is 0 Å². The second-order valence-electron chi connectivity index (χ2n) is 5.68. The topological polar surface area (TPSA) is 66.4 Å². The maximum atomic E-state index is 12.0. The number of carbonyl (C=O) groups excluding carboxylic acids is 1. The summed E-state index contributed by atoms with van der Waals surface area (Å²) in [5.41, 5.74) is 1.47. The van der Waals surface area contributed by atoms with E-state index in [1.54, 1.807) is 0 Å². The molecule has 4 nitrogen and oxygen atoms in total. The van der Waals surface area contributed by atoms with Crippen LogP contribution >= 0.6 is 0 Å². The average Bonchev–Trinajstić information content (AvgIpc) is 2.92. The molecule has 2 aliphatic rings. The first-order valence-corrected chi connectivity index (χ1v) is 7.35. The molecule has 2 rings (SSSR count). The molecule has 1 fully saturated rings. The van der Waals surface area contributed by atoms with Crippen molar-refractivity contribution in [2.75, 3.05) is 6.54 Å². The molecule has 0 aromatic rings. The summed E-state index contributed by atoms with van der Waals surface area (Å²) in [7, 11) is 0. The summed E-state index contributed by atoms with van der Waals surface area (Å²) >= 11 is 0. The Morgan fingerprint density at radius 3 is 2.47 bits per heavy atom.